The maximum absolute atomic E-state index is 12.4. The summed E-state index contributed by atoms with van der Waals surface area (Å²) in [5, 5.41) is 6.53. The van der Waals surface area contributed by atoms with Gasteiger partial charge in [0.05, 0.1) is 6.54 Å². The first-order chi connectivity index (χ1) is 10.4. The van der Waals surface area contributed by atoms with E-state index in [9.17, 15) is 13.2 Å². The molecule has 2 atom stereocenters. The van der Waals surface area contributed by atoms with Crippen molar-refractivity contribution in [1.82, 2.24) is 20.4 Å². The van der Waals surface area contributed by atoms with E-state index >= 15 is 0 Å². The zero-order valence-corrected chi connectivity index (χ0v) is 16.0. The van der Waals surface area contributed by atoms with Gasteiger partial charge in [-0.05, 0) is 32.4 Å². The molecule has 5 nitrogen and oxygen atoms in total. The molecule has 23 heavy (non-hydrogen) atoms. The highest BCUT2D eigenvalue weighted by Crippen LogP contribution is 2.20. The SMILES string of the molecule is CN=C(NCC1CCN(C)C1)NC1CCN(CC(F)(F)F)C1.I. The van der Waals surface area contributed by atoms with Gasteiger partial charge < -0.3 is 15.5 Å². The summed E-state index contributed by atoms with van der Waals surface area (Å²) in [7, 11) is 3.80. The summed E-state index contributed by atoms with van der Waals surface area (Å²) in [6.45, 7) is 3.10. The van der Waals surface area contributed by atoms with Crippen molar-refractivity contribution in [1.29, 1.82) is 0 Å². The number of halogens is 4. The van der Waals surface area contributed by atoms with Gasteiger partial charge in [0.25, 0.3) is 0 Å². The summed E-state index contributed by atoms with van der Waals surface area (Å²) >= 11 is 0. The molecule has 0 aromatic carbocycles. The Bertz CT molecular complexity index is 391. The Labute approximate surface area is 153 Å². The van der Waals surface area contributed by atoms with Gasteiger partial charge in [-0.2, -0.15) is 13.2 Å². The number of hydrogen-bond acceptors (Lipinski definition) is 3. The Balaban J connectivity index is 0.00000264. The van der Waals surface area contributed by atoms with Crippen molar-refractivity contribution in [2.24, 2.45) is 10.9 Å². The summed E-state index contributed by atoms with van der Waals surface area (Å²) in [5.74, 6) is 1.29. The Morgan fingerprint density at radius 3 is 2.52 bits per heavy atom. The van der Waals surface area contributed by atoms with Crippen LogP contribution in [0.4, 0.5) is 13.2 Å². The quantitative estimate of drug-likeness (QED) is 0.387. The average Bonchev–Trinajstić information content (AvgIpc) is 3.02. The second-order valence-corrected chi connectivity index (χ2v) is 6.35. The fraction of sp³-hybridized carbons (Fsp3) is 0.929. The molecule has 2 aliphatic rings. The van der Waals surface area contributed by atoms with Crippen LogP contribution in [0, 0.1) is 5.92 Å². The number of rotatable bonds is 4. The minimum atomic E-state index is -4.12. The van der Waals surface area contributed by atoms with E-state index < -0.39 is 12.7 Å². The number of likely N-dealkylation sites (tertiary alicyclic amines) is 2. The van der Waals surface area contributed by atoms with E-state index in [1.165, 1.54) is 11.3 Å². The van der Waals surface area contributed by atoms with E-state index in [-0.39, 0.29) is 30.0 Å². The number of nitrogens with zero attached hydrogens (tertiary/aromatic N) is 3. The van der Waals surface area contributed by atoms with Gasteiger partial charge in [0.1, 0.15) is 0 Å². The molecule has 2 fully saturated rings. The van der Waals surface area contributed by atoms with Crippen LogP contribution in [0.25, 0.3) is 0 Å². The molecule has 9 heteroatoms. The van der Waals surface area contributed by atoms with Crippen LogP contribution >= 0.6 is 24.0 Å². The standard InChI is InChI=1S/C14H26F3N5.HI/c1-18-13(19-7-11-3-5-21(2)8-11)20-12-4-6-22(9-12)10-14(15,16)17;/h11-12H,3-10H2,1-2H3,(H2,18,19,20);1H. The monoisotopic (exact) mass is 449 g/mol. The molecule has 2 unspecified atom stereocenters. The third kappa shape index (κ3) is 7.42. The van der Waals surface area contributed by atoms with Crippen molar-refractivity contribution in [3.05, 3.63) is 0 Å². The van der Waals surface area contributed by atoms with Gasteiger partial charge in [0, 0.05) is 39.3 Å². The minimum Gasteiger partial charge on any atom is -0.356 e. The van der Waals surface area contributed by atoms with Crippen molar-refractivity contribution in [3.8, 4) is 0 Å². The Morgan fingerprint density at radius 1 is 1.22 bits per heavy atom. The second kappa shape index (κ2) is 9.26. The van der Waals surface area contributed by atoms with Crippen molar-refractivity contribution < 1.29 is 13.2 Å². The van der Waals surface area contributed by atoms with Gasteiger partial charge in [-0.1, -0.05) is 0 Å². The molecule has 2 aliphatic heterocycles. The molecule has 0 amide bonds. The first-order valence-corrected chi connectivity index (χ1v) is 7.80. The molecule has 0 aromatic rings. The lowest BCUT2D eigenvalue weighted by Gasteiger charge is -2.20. The van der Waals surface area contributed by atoms with E-state index in [2.05, 4.69) is 27.6 Å². The topological polar surface area (TPSA) is 42.9 Å². The molecule has 0 spiro atoms. The van der Waals surface area contributed by atoms with Crippen LogP contribution < -0.4 is 10.6 Å². The van der Waals surface area contributed by atoms with E-state index in [1.807, 2.05) is 0 Å². The van der Waals surface area contributed by atoms with Crippen LogP contribution in [0.15, 0.2) is 4.99 Å². The molecule has 2 N–H and O–H groups in total. The number of guanidine groups is 1. The van der Waals surface area contributed by atoms with Crippen molar-refractivity contribution in [2.75, 3.05) is 53.4 Å². The minimum absolute atomic E-state index is 0. The normalized spacial score (nSPS) is 27.1. The number of aliphatic imine (C=N–C) groups is 1. The van der Waals surface area contributed by atoms with Crippen LogP contribution in [-0.2, 0) is 0 Å². The third-order valence-corrected chi connectivity index (χ3v) is 4.29. The van der Waals surface area contributed by atoms with Crippen molar-refractivity contribution in [2.45, 2.75) is 25.1 Å². The molecule has 136 valence electrons. The van der Waals surface area contributed by atoms with Crippen LogP contribution in [0.1, 0.15) is 12.8 Å². The lowest BCUT2D eigenvalue weighted by molar-refractivity contribution is -0.143. The van der Waals surface area contributed by atoms with Crippen LogP contribution in [0.2, 0.25) is 0 Å². The average molecular weight is 449 g/mol. The van der Waals surface area contributed by atoms with Crippen LogP contribution in [0.3, 0.4) is 0 Å². The summed E-state index contributed by atoms with van der Waals surface area (Å²) in [6, 6.07) is 0.0276. The highest BCUT2D eigenvalue weighted by Gasteiger charge is 2.34. The number of alkyl halides is 3. The molecule has 0 aliphatic carbocycles. The Morgan fingerprint density at radius 2 is 1.96 bits per heavy atom. The Hall–Kier alpha value is -0.290. The molecule has 2 rings (SSSR count). The molecule has 2 saturated heterocycles. The molecule has 0 aromatic heterocycles. The van der Waals surface area contributed by atoms with Gasteiger partial charge in [-0.15, -0.1) is 24.0 Å². The maximum Gasteiger partial charge on any atom is 0.401 e. The van der Waals surface area contributed by atoms with Crippen molar-refractivity contribution >= 4 is 29.9 Å². The fourth-order valence-electron chi connectivity index (χ4n) is 3.17. The van der Waals surface area contributed by atoms with Crippen LogP contribution in [-0.4, -0.2) is 81.3 Å². The van der Waals surface area contributed by atoms with Gasteiger partial charge in [0.2, 0.25) is 0 Å². The first kappa shape index (κ1) is 20.8. The van der Waals surface area contributed by atoms with Crippen molar-refractivity contribution in [3.63, 3.8) is 0 Å². The summed E-state index contributed by atoms with van der Waals surface area (Å²) in [5.41, 5.74) is 0. The van der Waals surface area contributed by atoms with Gasteiger partial charge in [-0.25, -0.2) is 0 Å². The lowest BCUT2D eigenvalue weighted by Crippen LogP contribution is -2.46. The fourth-order valence-corrected chi connectivity index (χ4v) is 3.17. The predicted octanol–water partition coefficient (Wildman–Crippen LogP) is 1.36. The van der Waals surface area contributed by atoms with E-state index in [4.69, 9.17) is 0 Å². The predicted molar refractivity (Wildman–Crippen MR) is 96.4 cm³/mol. The first-order valence-electron chi connectivity index (χ1n) is 7.80. The van der Waals surface area contributed by atoms with Gasteiger partial charge >= 0.3 is 6.18 Å². The lowest BCUT2D eigenvalue weighted by atomic mass is 10.1. The Kier molecular flexibility index (Phi) is 8.36. The highest BCUT2D eigenvalue weighted by atomic mass is 127. The smallest absolute Gasteiger partial charge is 0.356 e. The molecular formula is C14H27F3IN5. The van der Waals surface area contributed by atoms with E-state index in [1.54, 1.807) is 7.05 Å². The van der Waals surface area contributed by atoms with E-state index in [0.717, 1.165) is 19.6 Å². The zero-order chi connectivity index (χ0) is 16.2. The molecule has 0 radical (unpaired) electrons. The number of hydrogen-bond donors (Lipinski definition) is 2. The van der Waals surface area contributed by atoms with Crippen LogP contribution in [0.5, 0.6) is 0 Å². The largest absolute Gasteiger partial charge is 0.401 e. The molecule has 0 bridgehead atoms. The summed E-state index contributed by atoms with van der Waals surface area (Å²) in [6.07, 6.45) is -2.24. The van der Waals surface area contributed by atoms with E-state index in [0.29, 0.717) is 31.4 Å². The highest BCUT2D eigenvalue weighted by molar-refractivity contribution is 14.0. The van der Waals surface area contributed by atoms with Gasteiger partial charge in [0.15, 0.2) is 5.96 Å². The summed E-state index contributed by atoms with van der Waals surface area (Å²) in [4.78, 5) is 7.91. The third-order valence-electron chi connectivity index (χ3n) is 4.29. The molecular weight excluding hydrogens is 422 g/mol. The molecule has 0 saturated carbocycles. The zero-order valence-electron chi connectivity index (χ0n) is 13.7. The maximum atomic E-state index is 12.4. The van der Waals surface area contributed by atoms with Gasteiger partial charge in [-0.3, -0.25) is 9.89 Å². The molecule has 2 heterocycles. The number of nitrogens with one attached hydrogen (secondary N) is 2. The summed E-state index contributed by atoms with van der Waals surface area (Å²) < 4.78 is 37.2. The second-order valence-electron chi connectivity index (χ2n) is 6.35.